The zero-order chi connectivity index (χ0) is 45.8. The first-order valence-corrected chi connectivity index (χ1v) is 21.7. The molecule has 2 aliphatic heterocycles. The quantitative estimate of drug-likeness (QED) is 0.100. The zero-order valence-corrected chi connectivity index (χ0v) is 35.7. The van der Waals surface area contributed by atoms with Crippen molar-refractivity contribution in [2.24, 2.45) is 0 Å². The van der Waals surface area contributed by atoms with Crippen molar-refractivity contribution in [2.75, 3.05) is 21.4 Å². The number of hydrogen-bond acceptors (Lipinski definition) is 8. The van der Waals surface area contributed by atoms with Gasteiger partial charge >= 0.3 is 6.36 Å². The summed E-state index contributed by atoms with van der Waals surface area (Å²) in [7, 11) is -3.38. The van der Waals surface area contributed by atoms with Crippen LogP contribution >= 0.6 is 0 Å². The molecule has 12 nitrogen and oxygen atoms in total. The number of nitrogens with zero attached hydrogens (tertiary/aromatic N) is 2. The van der Waals surface area contributed by atoms with E-state index in [4.69, 9.17) is 4.74 Å². The molecule has 2 aliphatic rings. The van der Waals surface area contributed by atoms with Crippen molar-refractivity contribution in [3.8, 4) is 11.5 Å². The van der Waals surface area contributed by atoms with E-state index < -0.39 is 16.2 Å². The largest absolute Gasteiger partial charge is 0.573 e. The predicted molar refractivity (Wildman–Crippen MR) is 243 cm³/mol. The zero-order valence-electron chi connectivity index (χ0n) is 34.9. The lowest BCUT2D eigenvalue weighted by Crippen LogP contribution is -2.23. The maximum atomic E-state index is 12.9. The summed E-state index contributed by atoms with van der Waals surface area (Å²) >= 11 is 0. The van der Waals surface area contributed by atoms with Crippen LogP contribution in [0.5, 0.6) is 11.5 Å². The molecule has 0 spiro atoms. The number of sulfone groups is 1. The Morgan fingerprint density at radius 3 is 1.75 bits per heavy atom. The molecule has 2 aromatic heterocycles. The minimum absolute atomic E-state index is 0.0814. The lowest BCUT2D eigenvalue weighted by atomic mass is 10.1. The van der Waals surface area contributed by atoms with E-state index in [0.29, 0.717) is 40.8 Å². The van der Waals surface area contributed by atoms with Gasteiger partial charge in [-0.2, -0.15) is 0 Å². The summed E-state index contributed by atoms with van der Waals surface area (Å²) in [6.07, 6.45) is 3.81. The highest BCUT2D eigenvalue weighted by atomic mass is 32.2. The van der Waals surface area contributed by atoms with Gasteiger partial charge in [0.05, 0.1) is 11.0 Å². The van der Waals surface area contributed by atoms with Crippen LogP contribution in [0.4, 0.5) is 41.9 Å². The second-order valence-electron chi connectivity index (χ2n) is 14.9. The second kappa shape index (κ2) is 18.3. The number of H-pyrrole nitrogens is 2. The Morgan fingerprint density at radius 1 is 0.703 bits per heavy atom. The van der Waals surface area contributed by atoms with Gasteiger partial charge in [-0.1, -0.05) is 49.6 Å². The lowest BCUT2D eigenvalue weighted by Gasteiger charge is -2.27. The predicted octanol–water partition coefficient (Wildman–Crippen LogP) is 10.7. The number of anilines is 5. The molecule has 4 heterocycles. The summed E-state index contributed by atoms with van der Waals surface area (Å²) < 4.78 is 70.5. The average molecular weight is 889 g/mol. The van der Waals surface area contributed by atoms with Crippen LogP contribution in [0.2, 0.25) is 0 Å². The van der Waals surface area contributed by atoms with Crippen molar-refractivity contribution in [1.82, 2.24) is 15.3 Å². The average Bonchev–Trinajstić information content (AvgIpc) is 3.89. The third-order valence-corrected chi connectivity index (χ3v) is 10.8. The maximum absolute atomic E-state index is 12.9. The van der Waals surface area contributed by atoms with Gasteiger partial charge in [-0.3, -0.25) is 19.4 Å². The number of alkyl halides is 3. The molecule has 0 saturated heterocycles. The molecule has 2 amide bonds. The van der Waals surface area contributed by atoms with Gasteiger partial charge in [-0.05, 0) is 123 Å². The molecular formula is C48H43F3N6O6S. The fourth-order valence-corrected chi connectivity index (χ4v) is 7.47. The van der Waals surface area contributed by atoms with Gasteiger partial charge in [0.2, 0.25) is 0 Å². The highest BCUT2D eigenvalue weighted by Gasteiger charge is 2.31. The van der Waals surface area contributed by atoms with E-state index in [0.717, 1.165) is 45.9 Å². The molecule has 4 N–H and O–H groups in total. The van der Waals surface area contributed by atoms with Crippen LogP contribution in [0.15, 0.2) is 157 Å². The maximum Gasteiger partial charge on any atom is 0.573 e. The summed E-state index contributed by atoms with van der Waals surface area (Å²) in [4.78, 5) is 35.6. The van der Waals surface area contributed by atoms with Crippen molar-refractivity contribution in [1.29, 1.82) is 0 Å². The normalized spacial score (nSPS) is 13.2. The van der Waals surface area contributed by atoms with Crippen molar-refractivity contribution in [3.05, 3.63) is 180 Å². The number of carbonyl (C=O) groups excluding carboxylic acids is 2. The Balaban J connectivity index is 0.000000192. The molecule has 0 atom stereocenters. The third kappa shape index (κ3) is 10.7. The fourth-order valence-electron chi connectivity index (χ4n) is 6.81. The Hall–Kier alpha value is -7.72. The molecule has 4 aromatic carbocycles. The van der Waals surface area contributed by atoms with E-state index in [1.807, 2.05) is 91.6 Å². The number of carbonyl (C=O) groups is 2. The molecule has 0 unspecified atom stereocenters. The number of rotatable bonds is 11. The number of nitrogens with one attached hydrogen (secondary N) is 4. The first kappa shape index (κ1) is 44.3. The molecule has 328 valence electrons. The number of hydrogen-bond donors (Lipinski definition) is 4. The molecule has 0 saturated carbocycles. The number of aromatic amines is 2. The van der Waals surface area contributed by atoms with E-state index in [1.54, 1.807) is 35.2 Å². The van der Waals surface area contributed by atoms with Crippen LogP contribution < -0.4 is 29.9 Å². The van der Waals surface area contributed by atoms with E-state index in [-0.39, 0.29) is 28.6 Å². The second-order valence-corrected chi connectivity index (χ2v) is 16.9. The molecule has 64 heavy (non-hydrogen) atoms. The van der Waals surface area contributed by atoms with Crippen LogP contribution in [-0.4, -0.2) is 48.9 Å². The summed E-state index contributed by atoms with van der Waals surface area (Å²) in [5.41, 5.74) is 6.45. The van der Waals surface area contributed by atoms with E-state index in [1.165, 1.54) is 36.4 Å². The van der Waals surface area contributed by atoms with Gasteiger partial charge < -0.3 is 30.1 Å². The summed E-state index contributed by atoms with van der Waals surface area (Å²) in [5, 5.41) is 5.62. The van der Waals surface area contributed by atoms with Gasteiger partial charge in [-0.25, -0.2) is 8.42 Å². The first-order valence-electron chi connectivity index (χ1n) is 19.8. The van der Waals surface area contributed by atoms with Crippen molar-refractivity contribution < 1.29 is 40.7 Å². The molecule has 16 heteroatoms. The minimum atomic E-state index is -4.76. The Labute approximate surface area is 368 Å². The fraction of sp³-hybridized carbons (Fsp3) is 0.125. The summed E-state index contributed by atoms with van der Waals surface area (Å²) in [6, 6.07) is 32.2. The topological polar surface area (TPSA) is 149 Å². The number of aromatic nitrogens is 2. The number of halogens is 3. The smallest absolute Gasteiger partial charge is 0.491 e. The standard InChI is InChI=1S/C25H25N3O4S.C23H18F3N3O2/c1-16(2)32-21-12-10-20(11-13-21)28-17(3)8-9-18-14-23(27-24(18)28)25(29)26-19-6-5-7-22(15-19)33(4,30)31;1-15-7-8-17-13-20(22(30)27-14-16-5-3-2-4-6-16)28-21(17)29(15)18-9-11-19(12-10-18)31-23(24,25)26/h5-16,27H,3H2,1-2,4H3,(H,26,29);2-13,28H,1,14H2,(H,27,30). The number of fused-ring (bicyclic) bond motifs is 2. The highest BCUT2D eigenvalue weighted by molar-refractivity contribution is 7.90. The molecule has 8 rings (SSSR count). The van der Waals surface area contributed by atoms with Crippen LogP contribution in [0.3, 0.4) is 0 Å². The lowest BCUT2D eigenvalue weighted by molar-refractivity contribution is -0.274. The van der Waals surface area contributed by atoms with Crippen LogP contribution in [-0.2, 0) is 16.4 Å². The summed E-state index contributed by atoms with van der Waals surface area (Å²) in [6.45, 7) is 12.4. The minimum Gasteiger partial charge on any atom is -0.491 e. The number of ether oxygens (including phenoxy) is 2. The van der Waals surface area contributed by atoms with Crippen LogP contribution in [0, 0.1) is 0 Å². The Kier molecular flexibility index (Phi) is 12.7. The number of amides is 2. The molecule has 0 radical (unpaired) electrons. The SMILES string of the molecule is C=C1C=Cc2cc(C(=O)NCc3ccccc3)[nH]c2N1c1ccc(OC(F)(F)F)cc1.C=C1C=Cc2cc(C(=O)Nc3cccc(S(C)(=O)=O)c3)[nH]c2N1c1ccc(OC(C)C)cc1. The van der Waals surface area contributed by atoms with Crippen molar-refractivity contribution in [3.63, 3.8) is 0 Å². The highest BCUT2D eigenvalue weighted by Crippen LogP contribution is 2.39. The van der Waals surface area contributed by atoms with E-state index >= 15 is 0 Å². The molecular weight excluding hydrogens is 846 g/mol. The first-order chi connectivity index (χ1) is 30.4. The Bertz CT molecular complexity index is 2880. The number of benzene rings is 4. The van der Waals surface area contributed by atoms with Crippen LogP contribution in [0.1, 0.15) is 51.5 Å². The van der Waals surface area contributed by atoms with Gasteiger partial charge in [0.15, 0.2) is 9.84 Å². The van der Waals surface area contributed by atoms with Crippen molar-refractivity contribution in [2.45, 2.75) is 37.8 Å². The molecule has 0 aliphatic carbocycles. The monoisotopic (exact) mass is 888 g/mol. The third-order valence-electron chi connectivity index (χ3n) is 9.69. The Morgan fingerprint density at radius 2 is 1.23 bits per heavy atom. The van der Waals surface area contributed by atoms with Gasteiger partial charge in [0, 0.05) is 52.4 Å². The van der Waals surface area contributed by atoms with Crippen LogP contribution in [0.25, 0.3) is 12.2 Å². The van der Waals surface area contributed by atoms with E-state index in [9.17, 15) is 31.2 Å². The van der Waals surface area contributed by atoms with Crippen molar-refractivity contribution >= 4 is 62.5 Å². The molecule has 0 fully saturated rings. The molecule has 0 bridgehead atoms. The van der Waals surface area contributed by atoms with Gasteiger partial charge in [0.25, 0.3) is 11.8 Å². The van der Waals surface area contributed by atoms with Gasteiger partial charge in [0.1, 0.15) is 34.5 Å². The summed E-state index contributed by atoms with van der Waals surface area (Å²) in [5.74, 6) is 1.12. The number of allylic oxidation sites excluding steroid dienone is 2. The van der Waals surface area contributed by atoms with Gasteiger partial charge in [-0.15, -0.1) is 13.2 Å². The van der Waals surface area contributed by atoms with E-state index in [2.05, 4.69) is 38.5 Å². The molecule has 6 aromatic rings.